The van der Waals surface area contributed by atoms with Crippen LogP contribution in [0.5, 0.6) is 0 Å². The molecule has 4 nitrogen and oxygen atoms in total. The van der Waals surface area contributed by atoms with Crippen molar-refractivity contribution in [1.29, 1.82) is 0 Å². The Kier molecular flexibility index (Phi) is 3.39. The molecule has 1 N–H and O–H groups in total. The first-order valence-electron chi connectivity index (χ1n) is 9.12. The fraction of sp³-hybridized carbons (Fsp3) is 0.333. The second-order valence-corrected chi connectivity index (χ2v) is 7.41. The van der Waals surface area contributed by atoms with Crippen LogP contribution in [0.4, 0.5) is 10.1 Å². The molecule has 0 bridgehead atoms. The third-order valence-corrected chi connectivity index (χ3v) is 5.61. The van der Waals surface area contributed by atoms with E-state index in [9.17, 15) is 9.18 Å². The van der Waals surface area contributed by atoms with Crippen LogP contribution in [0.25, 0.3) is 11.1 Å². The minimum absolute atomic E-state index is 0.0837. The third-order valence-electron chi connectivity index (χ3n) is 5.61. The first kappa shape index (κ1) is 15.6. The normalized spacial score (nSPS) is 18.5. The Balaban J connectivity index is 1.42. The summed E-state index contributed by atoms with van der Waals surface area (Å²) in [6, 6.07) is 11.9. The van der Waals surface area contributed by atoms with Gasteiger partial charge in [0.1, 0.15) is 11.3 Å². The summed E-state index contributed by atoms with van der Waals surface area (Å²) >= 11 is 0. The predicted molar refractivity (Wildman–Crippen MR) is 96.5 cm³/mol. The highest BCUT2D eigenvalue weighted by Crippen LogP contribution is 2.45. The van der Waals surface area contributed by atoms with Crippen molar-refractivity contribution >= 4 is 22.7 Å². The van der Waals surface area contributed by atoms with E-state index in [0.29, 0.717) is 11.6 Å². The van der Waals surface area contributed by atoms with Gasteiger partial charge in [-0.1, -0.05) is 18.6 Å². The second-order valence-electron chi connectivity index (χ2n) is 7.41. The van der Waals surface area contributed by atoms with E-state index in [2.05, 4.69) is 10.3 Å². The average Bonchev–Trinajstić information content (AvgIpc) is 3.34. The second kappa shape index (κ2) is 5.66. The number of carbonyl (C=O) groups excluding carboxylic acids is 1. The molecule has 2 aromatic carbocycles. The summed E-state index contributed by atoms with van der Waals surface area (Å²) < 4.78 is 19.4. The number of rotatable bonds is 4. The van der Waals surface area contributed by atoms with Crippen LogP contribution in [0.15, 0.2) is 46.9 Å². The summed E-state index contributed by atoms with van der Waals surface area (Å²) in [5, 5.41) is 3.01. The van der Waals surface area contributed by atoms with Crippen LogP contribution in [0.1, 0.15) is 49.5 Å². The molecule has 2 aliphatic carbocycles. The minimum Gasteiger partial charge on any atom is -0.440 e. The largest absolute Gasteiger partial charge is 0.440 e. The van der Waals surface area contributed by atoms with Gasteiger partial charge in [-0.25, -0.2) is 9.37 Å². The van der Waals surface area contributed by atoms with Gasteiger partial charge in [-0.15, -0.1) is 0 Å². The molecule has 5 heteroatoms. The lowest BCUT2D eigenvalue weighted by Crippen LogP contribution is -2.46. The topological polar surface area (TPSA) is 55.1 Å². The van der Waals surface area contributed by atoms with Crippen molar-refractivity contribution < 1.29 is 13.6 Å². The zero-order chi connectivity index (χ0) is 17.7. The number of benzene rings is 2. The number of anilines is 1. The maximum atomic E-state index is 13.6. The Morgan fingerprint density at radius 1 is 1.19 bits per heavy atom. The van der Waals surface area contributed by atoms with E-state index < -0.39 is 5.41 Å². The SMILES string of the molecule is O=C(Nc1ccc2oc(C3CC3)nc2c1)C1(c2cccc(F)c2)CCC1. The molecule has 0 spiro atoms. The Morgan fingerprint density at radius 2 is 2.04 bits per heavy atom. The van der Waals surface area contributed by atoms with Crippen molar-refractivity contribution in [3.05, 3.63) is 59.7 Å². The smallest absolute Gasteiger partial charge is 0.235 e. The number of hydrogen-bond acceptors (Lipinski definition) is 3. The fourth-order valence-electron chi connectivity index (χ4n) is 3.74. The van der Waals surface area contributed by atoms with Crippen molar-refractivity contribution in [3.8, 4) is 0 Å². The number of nitrogens with one attached hydrogen (secondary N) is 1. The zero-order valence-electron chi connectivity index (χ0n) is 14.3. The number of fused-ring (bicyclic) bond motifs is 1. The van der Waals surface area contributed by atoms with Gasteiger partial charge in [0.2, 0.25) is 5.91 Å². The maximum absolute atomic E-state index is 13.6. The van der Waals surface area contributed by atoms with Gasteiger partial charge in [0, 0.05) is 11.6 Å². The molecule has 132 valence electrons. The zero-order valence-corrected chi connectivity index (χ0v) is 14.3. The Bertz CT molecular complexity index is 1000. The van der Waals surface area contributed by atoms with Gasteiger partial charge in [0.05, 0.1) is 5.41 Å². The van der Waals surface area contributed by atoms with Crippen molar-refractivity contribution in [2.24, 2.45) is 0 Å². The lowest BCUT2D eigenvalue weighted by molar-refractivity contribution is -0.124. The summed E-state index contributed by atoms with van der Waals surface area (Å²) in [5.41, 5.74) is 2.31. The van der Waals surface area contributed by atoms with Crippen LogP contribution in [0.2, 0.25) is 0 Å². The molecule has 2 fully saturated rings. The molecule has 2 aliphatic rings. The standard InChI is InChI=1S/C21H19FN2O2/c22-15-4-1-3-14(11-15)21(9-2-10-21)20(25)23-16-7-8-18-17(12-16)24-19(26-18)13-5-6-13/h1,3-4,7-8,11-13H,2,5-6,9-10H2,(H,23,25). The van der Waals surface area contributed by atoms with Crippen molar-refractivity contribution in [2.45, 2.75) is 43.4 Å². The summed E-state index contributed by atoms with van der Waals surface area (Å²) in [7, 11) is 0. The monoisotopic (exact) mass is 350 g/mol. The molecule has 1 amide bonds. The van der Waals surface area contributed by atoms with Crippen LogP contribution in [-0.2, 0) is 10.2 Å². The molecule has 26 heavy (non-hydrogen) atoms. The minimum atomic E-state index is -0.639. The van der Waals surface area contributed by atoms with E-state index >= 15 is 0 Å². The van der Waals surface area contributed by atoms with Crippen LogP contribution in [0.3, 0.4) is 0 Å². The van der Waals surface area contributed by atoms with E-state index in [4.69, 9.17) is 4.42 Å². The highest BCUT2D eigenvalue weighted by atomic mass is 19.1. The number of halogens is 1. The molecule has 1 heterocycles. The van der Waals surface area contributed by atoms with Gasteiger partial charge in [-0.3, -0.25) is 4.79 Å². The van der Waals surface area contributed by atoms with Crippen molar-refractivity contribution in [3.63, 3.8) is 0 Å². The number of nitrogens with zero attached hydrogens (tertiary/aromatic N) is 1. The molecule has 3 aromatic rings. The van der Waals surface area contributed by atoms with Gasteiger partial charge in [-0.2, -0.15) is 0 Å². The predicted octanol–water partition coefficient (Wildman–Crippen LogP) is 4.90. The molecule has 0 atom stereocenters. The average molecular weight is 350 g/mol. The summed E-state index contributed by atoms with van der Waals surface area (Å²) in [6.45, 7) is 0. The van der Waals surface area contributed by atoms with E-state index in [-0.39, 0.29) is 11.7 Å². The molecule has 0 saturated heterocycles. The summed E-state index contributed by atoms with van der Waals surface area (Å²) in [4.78, 5) is 17.6. The molecule has 0 radical (unpaired) electrons. The Hall–Kier alpha value is -2.69. The van der Waals surface area contributed by atoms with Crippen LogP contribution < -0.4 is 5.32 Å². The Morgan fingerprint density at radius 3 is 2.73 bits per heavy atom. The lowest BCUT2D eigenvalue weighted by Gasteiger charge is -2.40. The number of hydrogen-bond donors (Lipinski definition) is 1. The molecule has 0 unspecified atom stereocenters. The van der Waals surface area contributed by atoms with E-state index in [0.717, 1.165) is 54.7 Å². The van der Waals surface area contributed by atoms with Crippen LogP contribution in [0, 0.1) is 5.82 Å². The van der Waals surface area contributed by atoms with Gasteiger partial charge in [-0.05, 0) is 61.6 Å². The number of amides is 1. The van der Waals surface area contributed by atoms with E-state index in [1.165, 1.54) is 12.1 Å². The fourth-order valence-corrected chi connectivity index (χ4v) is 3.74. The third kappa shape index (κ3) is 2.50. The van der Waals surface area contributed by atoms with Crippen LogP contribution >= 0.6 is 0 Å². The quantitative estimate of drug-likeness (QED) is 0.728. The highest BCUT2D eigenvalue weighted by Gasteiger charge is 2.45. The highest BCUT2D eigenvalue weighted by molar-refractivity contribution is 6.00. The van der Waals surface area contributed by atoms with Gasteiger partial charge in [0.15, 0.2) is 11.5 Å². The molecule has 5 rings (SSSR count). The first-order chi connectivity index (χ1) is 12.6. The van der Waals surface area contributed by atoms with Gasteiger partial charge >= 0.3 is 0 Å². The first-order valence-corrected chi connectivity index (χ1v) is 9.12. The Labute approximate surface area is 150 Å². The number of oxazole rings is 1. The maximum Gasteiger partial charge on any atom is 0.235 e. The van der Waals surface area contributed by atoms with E-state index in [1.54, 1.807) is 6.07 Å². The van der Waals surface area contributed by atoms with Gasteiger partial charge < -0.3 is 9.73 Å². The van der Waals surface area contributed by atoms with Crippen LogP contribution in [-0.4, -0.2) is 10.9 Å². The van der Waals surface area contributed by atoms with Crippen molar-refractivity contribution in [2.75, 3.05) is 5.32 Å². The summed E-state index contributed by atoms with van der Waals surface area (Å²) in [5.74, 6) is 0.850. The number of carbonyl (C=O) groups is 1. The lowest BCUT2D eigenvalue weighted by atomic mass is 9.63. The number of aromatic nitrogens is 1. The summed E-state index contributed by atoms with van der Waals surface area (Å²) in [6.07, 6.45) is 4.71. The molecule has 2 saturated carbocycles. The van der Waals surface area contributed by atoms with Crippen molar-refractivity contribution in [1.82, 2.24) is 4.98 Å². The molecule has 0 aliphatic heterocycles. The van der Waals surface area contributed by atoms with E-state index in [1.807, 2.05) is 24.3 Å². The molecule has 1 aromatic heterocycles. The van der Waals surface area contributed by atoms with Gasteiger partial charge in [0.25, 0.3) is 0 Å². The molecular formula is C21H19FN2O2. The molecular weight excluding hydrogens is 331 g/mol.